The molecule has 1 N–H and O–H groups in total. The molecule has 0 aliphatic rings. The van der Waals surface area contributed by atoms with Gasteiger partial charge in [0, 0.05) is 23.3 Å². The van der Waals surface area contributed by atoms with Crippen LogP contribution in [0.2, 0.25) is 0 Å². The van der Waals surface area contributed by atoms with Gasteiger partial charge in [-0.05, 0) is 42.5 Å². The lowest BCUT2D eigenvalue weighted by atomic mass is 10.2. The molecule has 3 aromatic heterocycles. The van der Waals surface area contributed by atoms with Gasteiger partial charge in [0.1, 0.15) is 16.5 Å². The summed E-state index contributed by atoms with van der Waals surface area (Å²) in [5.74, 6) is -0.537. The van der Waals surface area contributed by atoms with Crippen LogP contribution in [0.4, 0.5) is 23.2 Å². The first-order valence-electron chi connectivity index (χ1n) is 11.0. The predicted octanol–water partition coefficient (Wildman–Crippen LogP) is 6.49. The van der Waals surface area contributed by atoms with Crippen LogP contribution in [-0.4, -0.2) is 30.6 Å². The number of carbonyl (C=O) groups excluding carboxylic acids is 1. The predicted molar refractivity (Wildman–Crippen MR) is 136 cm³/mol. The van der Waals surface area contributed by atoms with E-state index in [0.717, 1.165) is 12.1 Å². The highest BCUT2D eigenvalue weighted by molar-refractivity contribution is 7.98. The Bertz CT molecular complexity index is 1590. The molecule has 0 radical (unpaired) electrons. The van der Waals surface area contributed by atoms with Crippen LogP contribution in [0, 0.1) is 5.82 Å². The van der Waals surface area contributed by atoms with E-state index < -0.39 is 23.5 Å². The summed E-state index contributed by atoms with van der Waals surface area (Å²) in [5, 5.41) is 13.3. The highest BCUT2D eigenvalue weighted by Crippen LogP contribution is 2.34. The second-order valence-corrected chi connectivity index (χ2v) is 9.67. The molecule has 0 saturated heterocycles. The van der Waals surface area contributed by atoms with Crippen LogP contribution in [0.3, 0.4) is 0 Å². The van der Waals surface area contributed by atoms with E-state index in [4.69, 9.17) is 0 Å². The lowest BCUT2D eigenvalue weighted by Crippen LogP contribution is -2.13. The van der Waals surface area contributed by atoms with E-state index in [1.165, 1.54) is 58.0 Å². The van der Waals surface area contributed by atoms with Crippen molar-refractivity contribution in [3.05, 3.63) is 101 Å². The summed E-state index contributed by atoms with van der Waals surface area (Å²) in [4.78, 5) is 20.9. The minimum Gasteiger partial charge on any atom is -0.318 e. The number of nitrogens with zero attached hydrogens (tertiary/aromatic N) is 5. The Balaban J connectivity index is 1.40. The van der Waals surface area contributed by atoms with E-state index in [0.29, 0.717) is 21.6 Å². The van der Waals surface area contributed by atoms with Crippen molar-refractivity contribution in [2.75, 3.05) is 5.32 Å². The number of rotatable bonds is 7. The number of thiazole rings is 1. The van der Waals surface area contributed by atoms with Gasteiger partial charge in [0.2, 0.25) is 0 Å². The van der Waals surface area contributed by atoms with Gasteiger partial charge in [-0.2, -0.15) is 13.2 Å². The average Bonchev–Trinajstić information content (AvgIpc) is 3.56. The molecule has 0 aliphatic carbocycles. The number of carbonyl (C=O) groups is 1. The molecule has 38 heavy (non-hydrogen) atoms. The van der Waals surface area contributed by atoms with E-state index in [1.807, 2.05) is 0 Å². The average molecular weight is 557 g/mol. The largest absolute Gasteiger partial charge is 0.416 e. The molecule has 5 aromatic rings. The fourth-order valence-electron chi connectivity index (χ4n) is 3.46. The number of benzene rings is 2. The zero-order chi connectivity index (χ0) is 26.7. The summed E-state index contributed by atoms with van der Waals surface area (Å²) < 4.78 is 55.6. The first-order chi connectivity index (χ1) is 18.3. The second-order valence-electron chi connectivity index (χ2n) is 7.78. The van der Waals surface area contributed by atoms with Crippen molar-refractivity contribution in [2.24, 2.45) is 0 Å². The number of pyridine rings is 1. The van der Waals surface area contributed by atoms with Crippen molar-refractivity contribution in [1.29, 1.82) is 0 Å². The highest BCUT2D eigenvalue weighted by Gasteiger charge is 2.31. The number of nitrogens with one attached hydrogen (secondary N) is 1. The molecule has 0 bridgehead atoms. The summed E-state index contributed by atoms with van der Waals surface area (Å²) in [6, 6.07) is 14.1. The van der Waals surface area contributed by atoms with Crippen molar-refractivity contribution in [1.82, 2.24) is 24.7 Å². The fourth-order valence-corrected chi connectivity index (χ4v) is 5.20. The Morgan fingerprint density at radius 3 is 2.66 bits per heavy atom. The number of alkyl halides is 3. The van der Waals surface area contributed by atoms with E-state index in [9.17, 15) is 22.4 Å². The second kappa shape index (κ2) is 10.7. The number of anilines is 1. The molecule has 192 valence electrons. The lowest BCUT2D eigenvalue weighted by molar-refractivity contribution is -0.137. The van der Waals surface area contributed by atoms with Gasteiger partial charge >= 0.3 is 6.18 Å². The van der Waals surface area contributed by atoms with Crippen molar-refractivity contribution in [3.8, 4) is 17.1 Å². The number of thioether (sulfide) groups is 1. The Morgan fingerprint density at radius 2 is 1.89 bits per heavy atom. The molecule has 3 heterocycles. The number of hydrogen-bond donors (Lipinski definition) is 1. The molecule has 2 aromatic carbocycles. The van der Waals surface area contributed by atoms with Crippen molar-refractivity contribution >= 4 is 34.7 Å². The molecule has 5 rings (SSSR count). The minimum absolute atomic E-state index is 0.0403. The molecule has 0 fully saturated rings. The Kier molecular flexibility index (Phi) is 7.20. The Morgan fingerprint density at radius 1 is 1.05 bits per heavy atom. The summed E-state index contributed by atoms with van der Waals surface area (Å²) >= 11 is 2.42. The smallest absolute Gasteiger partial charge is 0.318 e. The standard InChI is InChI=1S/C25H16F4N6OS2/c26-18-8-1-2-9-19(18)32-23(36)20-13-37-21(31-20)14-38-24-34-33-22(15-5-4-10-30-12-15)35(24)17-7-3-6-16(11-17)25(27,28)29/h1-13H,14H2,(H,32,36). The number of hydrogen-bond acceptors (Lipinski definition) is 7. The molecule has 7 nitrogen and oxygen atoms in total. The molecular weight excluding hydrogens is 540 g/mol. The van der Waals surface area contributed by atoms with Crippen LogP contribution in [0.5, 0.6) is 0 Å². The normalized spacial score (nSPS) is 11.5. The molecule has 0 aliphatic heterocycles. The first kappa shape index (κ1) is 25.5. The van der Waals surface area contributed by atoms with Gasteiger partial charge in [-0.1, -0.05) is 30.0 Å². The molecule has 0 unspecified atom stereocenters. The number of aromatic nitrogens is 5. The van der Waals surface area contributed by atoms with Gasteiger partial charge in [-0.25, -0.2) is 9.37 Å². The SMILES string of the molecule is O=C(Nc1ccccc1F)c1csc(CSc2nnc(-c3cccnc3)n2-c2cccc(C(F)(F)F)c2)n1. The summed E-state index contributed by atoms with van der Waals surface area (Å²) in [7, 11) is 0. The zero-order valence-corrected chi connectivity index (χ0v) is 20.8. The molecule has 13 heteroatoms. The molecule has 0 saturated carbocycles. The van der Waals surface area contributed by atoms with Crippen LogP contribution in [0.15, 0.2) is 83.6 Å². The lowest BCUT2D eigenvalue weighted by Gasteiger charge is -2.13. The molecule has 1 amide bonds. The van der Waals surface area contributed by atoms with E-state index >= 15 is 0 Å². The van der Waals surface area contributed by atoms with Crippen molar-refractivity contribution < 1.29 is 22.4 Å². The molecule has 0 atom stereocenters. The van der Waals surface area contributed by atoms with E-state index in [2.05, 4.69) is 25.5 Å². The van der Waals surface area contributed by atoms with E-state index in [1.54, 1.807) is 36.0 Å². The van der Waals surface area contributed by atoms with Crippen LogP contribution >= 0.6 is 23.1 Å². The summed E-state index contributed by atoms with van der Waals surface area (Å²) in [5.41, 5.74) is 0.158. The van der Waals surface area contributed by atoms with Gasteiger partial charge in [-0.15, -0.1) is 21.5 Å². The van der Waals surface area contributed by atoms with Gasteiger partial charge < -0.3 is 5.32 Å². The summed E-state index contributed by atoms with van der Waals surface area (Å²) in [6.45, 7) is 0. The Labute approximate surface area is 221 Å². The topological polar surface area (TPSA) is 85.6 Å². The maximum absolute atomic E-state index is 13.9. The maximum Gasteiger partial charge on any atom is 0.416 e. The monoisotopic (exact) mass is 556 g/mol. The van der Waals surface area contributed by atoms with Gasteiger partial charge in [0.15, 0.2) is 11.0 Å². The van der Waals surface area contributed by atoms with E-state index in [-0.39, 0.29) is 22.8 Å². The van der Waals surface area contributed by atoms with Crippen LogP contribution < -0.4 is 5.32 Å². The third kappa shape index (κ3) is 5.58. The quantitative estimate of drug-likeness (QED) is 0.182. The number of halogens is 4. The molecular formula is C25H16F4N6OS2. The fraction of sp³-hybridized carbons (Fsp3) is 0.0800. The van der Waals surface area contributed by atoms with Crippen LogP contribution in [0.25, 0.3) is 17.1 Å². The molecule has 0 spiro atoms. The third-order valence-electron chi connectivity index (χ3n) is 5.22. The maximum atomic E-state index is 13.9. The minimum atomic E-state index is -4.52. The van der Waals surface area contributed by atoms with Gasteiger partial charge in [0.05, 0.1) is 22.7 Å². The van der Waals surface area contributed by atoms with Gasteiger partial charge in [-0.3, -0.25) is 14.3 Å². The summed E-state index contributed by atoms with van der Waals surface area (Å²) in [6.07, 6.45) is -1.40. The highest BCUT2D eigenvalue weighted by atomic mass is 32.2. The zero-order valence-electron chi connectivity index (χ0n) is 19.2. The van der Waals surface area contributed by atoms with Crippen LogP contribution in [-0.2, 0) is 11.9 Å². The number of amides is 1. The van der Waals surface area contributed by atoms with Crippen molar-refractivity contribution in [3.63, 3.8) is 0 Å². The van der Waals surface area contributed by atoms with Gasteiger partial charge in [0.25, 0.3) is 5.91 Å². The number of para-hydroxylation sites is 1. The van der Waals surface area contributed by atoms with Crippen LogP contribution in [0.1, 0.15) is 21.1 Å². The first-order valence-corrected chi connectivity index (χ1v) is 12.8. The Hall–Kier alpha value is -4.10. The third-order valence-corrected chi connectivity index (χ3v) is 7.19. The van der Waals surface area contributed by atoms with Crippen molar-refractivity contribution in [2.45, 2.75) is 17.1 Å².